The van der Waals surface area contributed by atoms with Crippen LogP contribution in [0.5, 0.6) is 5.75 Å². The molecule has 280 valence electrons. The van der Waals surface area contributed by atoms with Crippen LogP contribution in [0, 0.1) is 0 Å². The first-order valence-electron chi connectivity index (χ1n) is 15.6. The van der Waals surface area contributed by atoms with Crippen LogP contribution >= 0.6 is 0 Å². The van der Waals surface area contributed by atoms with Crippen LogP contribution in [0.1, 0.15) is 34.0 Å². The Bertz CT molecular complexity index is 1880. The van der Waals surface area contributed by atoms with E-state index in [2.05, 4.69) is 0 Å². The van der Waals surface area contributed by atoms with Crippen LogP contribution in [0.4, 0.5) is 35.1 Å². The zero-order valence-electron chi connectivity index (χ0n) is 27.6. The van der Waals surface area contributed by atoms with Gasteiger partial charge in [-0.2, -0.15) is 26.3 Å². The summed E-state index contributed by atoms with van der Waals surface area (Å²) in [6.45, 7) is -3.84. The number of hydrogen-bond acceptors (Lipinski definition) is 6. The standard InChI is InChI=1S/C37H30F8N2O6/c1-34(38,39)20-46-32(50)35(25-7-3-2-4-8-25,33(51)47-21-36(40,41)42)22-52-30(48)19-23-11-17-27(18-12-23)53-31(49)29-10-6-5-9-28(29)24-13-15-26(16-14-24)37(43,44)45/h2-18H,19-22H2,1H3,(H,46,50)(H,47,51). The van der Waals surface area contributed by atoms with Gasteiger partial charge in [0.25, 0.3) is 5.92 Å². The molecule has 0 spiro atoms. The minimum absolute atomic E-state index is 0.0168. The van der Waals surface area contributed by atoms with E-state index in [9.17, 15) is 54.3 Å². The minimum Gasteiger partial charge on any atom is -0.463 e. The van der Waals surface area contributed by atoms with Crippen molar-refractivity contribution in [2.75, 3.05) is 19.7 Å². The summed E-state index contributed by atoms with van der Waals surface area (Å²) in [5.74, 6) is -8.35. The molecule has 2 amide bonds. The van der Waals surface area contributed by atoms with Gasteiger partial charge in [-0.15, -0.1) is 0 Å². The summed E-state index contributed by atoms with van der Waals surface area (Å²) < 4.78 is 116. The number of amides is 2. The molecule has 0 heterocycles. The fraction of sp³-hybridized carbons (Fsp3) is 0.243. The van der Waals surface area contributed by atoms with Crippen LogP contribution in [0.15, 0.2) is 103 Å². The lowest BCUT2D eigenvalue weighted by Gasteiger charge is -2.32. The van der Waals surface area contributed by atoms with Crippen LogP contribution in [0.3, 0.4) is 0 Å². The first kappa shape index (κ1) is 40.0. The Hall–Kier alpha value is -5.80. The number of esters is 2. The number of alkyl halides is 8. The van der Waals surface area contributed by atoms with Gasteiger partial charge in [0.05, 0.1) is 24.1 Å². The third-order valence-corrected chi connectivity index (χ3v) is 7.65. The van der Waals surface area contributed by atoms with Crippen LogP contribution in [0.2, 0.25) is 0 Å². The number of hydrogen-bond donors (Lipinski definition) is 2. The highest BCUT2D eigenvalue weighted by Crippen LogP contribution is 2.33. The highest BCUT2D eigenvalue weighted by atomic mass is 19.4. The Kier molecular flexibility index (Phi) is 12.3. The largest absolute Gasteiger partial charge is 0.463 e. The summed E-state index contributed by atoms with van der Waals surface area (Å²) >= 11 is 0. The van der Waals surface area contributed by atoms with Crippen LogP contribution < -0.4 is 15.4 Å². The summed E-state index contributed by atoms with van der Waals surface area (Å²) in [5, 5.41) is 3.44. The van der Waals surface area contributed by atoms with E-state index in [1.54, 1.807) is 11.4 Å². The van der Waals surface area contributed by atoms with Crippen molar-refractivity contribution in [2.24, 2.45) is 0 Å². The zero-order chi connectivity index (χ0) is 39.0. The predicted molar refractivity (Wildman–Crippen MR) is 174 cm³/mol. The fourth-order valence-electron chi connectivity index (χ4n) is 5.02. The second-order valence-electron chi connectivity index (χ2n) is 11.8. The molecule has 4 aromatic carbocycles. The van der Waals surface area contributed by atoms with Crippen molar-refractivity contribution in [1.82, 2.24) is 10.6 Å². The van der Waals surface area contributed by atoms with Crippen LogP contribution in [-0.4, -0.2) is 55.5 Å². The number of rotatable bonds is 13. The van der Waals surface area contributed by atoms with Crippen molar-refractivity contribution >= 4 is 23.8 Å². The molecule has 0 aliphatic heterocycles. The first-order chi connectivity index (χ1) is 24.8. The summed E-state index contributed by atoms with van der Waals surface area (Å²) in [6.07, 6.45) is -9.96. The van der Waals surface area contributed by atoms with Crippen molar-refractivity contribution in [2.45, 2.75) is 37.0 Å². The molecule has 0 aliphatic carbocycles. The molecule has 0 aromatic heterocycles. The molecule has 0 bridgehead atoms. The molecular formula is C37H30F8N2O6. The molecule has 4 rings (SSSR count). The van der Waals surface area contributed by atoms with Crippen LogP contribution in [-0.2, 0) is 37.1 Å². The Labute approximate surface area is 297 Å². The SMILES string of the molecule is CC(F)(F)CNC(=O)C(COC(=O)Cc1ccc(OC(=O)c2ccccc2-c2ccc(C(F)(F)F)cc2)cc1)(C(=O)NCC(F)(F)F)c1ccccc1. The summed E-state index contributed by atoms with van der Waals surface area (Å²) in [6, 6.07) is 22.2. The quantitative estimate of drug-likeness (QED) is 0.0656. The van der Waals surface area contributed by atoms with Gasteiger partial charge in [-0.3, -0.25) is 14.4 Å². The molecule has 0 saturated heterocycles. The normalized spacial score (nSPS) is 13.0. The lowest BCUT2D eigenvalue weighted by atomic mass is 9.79. The number of carbonyl (C=O) groups excluding carboxylic acids is 4. The molecule has 4 aromatic rings. The van der Waals surface area contributed by atoms with E-state index in [0.29, 0.717) is 18.1 Å². The van der Waals surface area contributed by atoms with E-state index < -0.39 is 79.1 Å². The molecule has 2 N–H and O–H groups in total. The first-order valence-corrected chi connectivity index (χ1v) is 15.6. The fourth-order valence-corrected chi connectivity index (χ4v) is 5.02. The average molecular weight is 751 g/mol. The van der Waals surface area contributed by atoms with E-state index in [1.165, 1.54) is 84.9 Å². The molecule has 16 heteroatoms. The Morgan fingerprint density at radius 2 is 1.21 bits per heavy atom. The van der Waals surface area contributed by atoms with Gasteiger partial charge in [-0.05, 0) is 52.6 Å². The van der Waals surface area contributed by atoms with Crippen molar-refractivity contribution < 1.29 is 63.8 Å². The number of benzene rings is 4. The molecule has 0 radical (unpaired) electrons. The predicted octanol–water partition coefficient (Wildman–Crippen LogP) is 7.07. The third kappa shape index (κ3) is 10.9. The van der Waals surface area contributed by atoms with Gasteiger partial charge in [0.2, 0.25) is 11.8 Å². The average Bonchev–Trinajstić information content (AvgIpc) is 3.10. The topological polar surface area (TPSA) is 111 Å². The number of carbonyl (C=O) groups is 4. The lowest BCUT2D eigenvalue weighted by Crippen LogP contribution is -2.59. The molecule has 0 aliphatic rings. The number of nitrogens with one attached hydrogen (secondary N) is 2. The molecule has 8 nitrogen and oxygen atoms in total. The van der Waals surface area contributed by atoms with Gasteiger partial charge in [0.15, 0.2) is 5.41 Å². The monoisotopic (exact) mass is 750 g/mol. The van der Waals surface area contributed by atoms with Gasteiger partial charge in [0, 0.05) is 6.92 Å². The maximum atomic E-state index is 13.6. The lowest BCUT2D eigenvalue weighted by molar-refractivity contribution is -0.154. The molecule has 0 saturated carbocycles. The van der Waals surface area contributed by atoms with Gasteiger partial charge >= 0.3 is 24.3 Å². The number of halogens is 8. The molecule has 53 heavy (non-hydrogen) atoms. The minimum atomic E-state index is -4.91. The highest BCUT2D eigenvalue weighted by Gasteiger charge is 2.50. The Morgan fingerprint density at radius 3 is 1.77 bits per heavy atom. The molecule has 1 unspecified atom stereocenters. The molecular weight excluding hydrogens is 720 g/mol. The smallest absolute Gasteiger partial charge is 0.416 e. The van der Waals surface area contributed by atoms with Crippen molar-refractivity contribution in [1.29, 1.82) is 0 Å². The van der Waals surface area contributed by atoms with Gasteiger partial charge in [-0.25, -0.2) is 13.6 Å². The van der Waals surface area contributed by atoms with Crippen molar-refractivity contribution in [3.63, 3.8) is 0 Å². The van der Waals surface area contributed by atoms with E-state index in [4.69, 9.17) is 9.47 Å². The zero-order valence-corrected chi connectivity index (χ0v) is 27.6. The molecule has 0 fully saturated rings. The molecule has 1 atom stereocenters. The third-order valence-electron chi connectivity index (χ3n) is 7.65. The van der Waals surface area contributed by atoms with Gasteiger partial charge in [-0.1, -0.05) is 72.8 Å². The second kappa shape index (κ2) is 16.3. The van der Waals surface area contributed by atoms with E-state index in [0.717, 1.165) is 12.1 Å². The van der Waals surface area contributed by atoms with Gasteiger partial charge in [0.1, 0.15) is 18.9 Å². The van der Waals surface area contributed by atoms with E-state index >= 15 is 0 Å². The summed E-state index contributed by atoms with van der Waals surface area (Å²) in [7, 11) is 0. The van der Waals surface area contributed by atoms with E-state index in [-0.39, 0.29) is 22.4 Å². The van der Waals surface area contributed by atoms with E-state index in [1.807, 2.05) is 5.32 Å². The van der Waals surface area contributed by atoms with Crippen molar-refractivity contribution in [3.8, 4) is 16.9 Å². The summed E-state index contributed by atoms with van der Waals surface area (Å²) in [4.78, 5) is 52.7. The second-order valence-corrected chi connectivity index (χ2v) is 11.8. The van der Waals surface area contributed by atoms with Crippen LogP contribution in [0.25, 0.3) is 11.1 Å². The Morgan fingerprint density at radius 1 is 0.642 bits per heavy atom. The van der Waals surface area contributed by atoms with Gasteiger partial charge < -0.3 is 20.1 Å². The highest BCUT2D eigenvalue weighted by molar-refractivity contribution is 6.11. The number of ether oxygens (including phenoxy) is 2. The van der Waals surface area contributed by atoms with Crippen molar-refractivity contribution in [3.05, 3.63) is 125 Å². The maximum absolute atomic E-state index is 13.6. The Balaban J connectivity index is 1.49. The maximum Gasteiger partial charge on any atom is 0.416 e. The summed E-state index contributed by atoms with van der Waals surface area (Å²) in [5.41, 5.74) is -2.86.